The summed E-state index contributed by atoms with van der Waals surface area (Å²) in [6, 6.07) is 4.93. The zero-order valence-corrected chi connectivity index (χ0v) is 14.9. The molecule has 3 heterocycles. The first-order valence-corrected chi connectivity index (χ1v) is 9.20. The van der Waals surface area contributed by atoms with E-state index in [0.29, 0.717) is 12.2 Å². The Bertz CT molecular complexity index is 818. The van der Waals surface area contributed by atoms with Gasteiger partial charge in [-0.3, -0.25) is 9.89 Å². The average molecular weight is 357 g/mol. The van der Waals surface area contributed by atoms with Crippen LogP contribution in [0.15, 0.2) is 18.2 Å². The van der Waals surface area contributed by atoms with E-state index in [4.69, 9.17) is 0 Å². The number of anilines is 1. The average Bonchev–Trinajstić information content (AvgIpc) is 3.06. The first-order chi connectivity index (χ1) is 12.6. The van der Waals surface area contributed by atoms with E-state index in [1.54, 1.807) is 6.07 Å². The molecule has 6 nitrogen and oxygen atoms in total. The molecule has 0 spiro atoms. The van der Waals surface area contributed by atoms with Crippen molar-refractivity contribution < 1.29 is 9.18 Å². The van der Waals surface area contributed by atoms with Crippen LogP contribution >= 0.6 is 0 Å². The molecular formula is C19H24FN5O. The molecule has 1 unspecified atom stereocenters. The maximum Gasteiger partial charge on any atom is 0.272 e. The highest BCUT2D eigenvalue weighted by atomic mass is 19.1. The van der Waals surface area contributed by atoms with Crippen LogP contribution in [0.4, 0.5) is 10.1 Å². The number of amides is 1. The summed E-state index contributed by atoms with van der Waals surface area (Å²) >= 11 is 0. The lowest BCUT2D eigenvalue weighted by Crippen LogP contribution is -2.48. The van der Waals surface area contributed by atoms with E-state index in [1.165, 1.54) is 6.07 Å². The van der Waals surface area contributed by atoms with Crippen molar-refractivity contribution in [3.63, 3.8) is 0 Å². The Morgan fingerprint density at radius 3 is 3.15 bits per heavy atom. The summed E-state index contributed by atoms with van der Waals surface area (Å²) in [6.45, 7) is 5.15. The Hall–Kier alpha value is -2.41. The van der Waals surface area contributed by atoms with Crippen LogP contribution in [0.1, 0.15) is 40.2 Å². The van der Waals surface area contributed by atoms with Crippen LogP contribution < -0.4 is 15.5 Å². The summed E-state index contributed by atoms with van der Waals surface area (Å²) in [6.07, 6.45) is 2.80. The highest BCUT2D eigenvalue weighted by Gasteiger charge is 2.26. The van der Waals surface area contributed by atoms with Gasteiger partial charge < -0.3 is 15.5 Å². The molecule has 0 bridgehead atoms. The SMILES string of the molecule is Cc1cc(F)ccc1N1CCCC(NC(=O)c2n[nH]c3c2CNCC3)C1. The molecule has 1 amide bonds. The first-order valence-electron chi connectivity index (χ1n) is 9.20. The van der Waals surface area contributed by atoms with Gasteiger partial charge in [0.15, 0.2) is 5.69 Å². The molecule has 2 aliphatic heterocycles. The van der Waals surface area contributed by atoms with Gasteiger partial charge in [0.05, 0.1) is 0 Å². The third kappa shape index (κ3) is 3.31. The Morgan fingerprint density at radius 1 is 1.42 bits per heavy atom. The van der Waals surface area contributed by atoms with E-state index in [9.17, 15) is 9.18 Å². The second kappa shape index (κ2) is 7.07. The van der Waals surface area contributed by atoms with Crippen molar-refractivity contribution in [1.82, 2.24) is 20.8 Å². The molecule has 1 aromatic heterocycles. The second-order valence-electron chi connectivity index (χ2n) is 7.15. The summed E-state index contributed by atoms with van der Waals surface area (Å²) in [5, 5.41) is 13.7. The number of benzene rings is 1. The minimum Gasteiger partial charge on any atom is -0.369 e. The lowest BCUT2D eigenvalue weighted by Gasteiger charge is -2.35. The smallest absolute Gasteiger partial charge is 0.272 e. The van der Waals surface area contributed by atoms with E-state index in [0.717, 1.165) is 61.4 Å². The predicted octanol–water partition coefficient (Wildman–Crippen LogP) is 1.90. The third-order valence-corrected chi connectivity index (χ3v) is 5.28. The molecule has 0 aliphatic carbocycles. The lowest BCUT2D eigenvalue weighted by molar-refractivity contribution is 0.0927. The number of carbonyl (C=O) groups is 1. The van der Waals surface area contributed by atoms with Crippen molar-refractivity contribution in [2.75, 3.05) is 24.5 Å². The Kier molecular flexibility index (Phi) is 4.63. The fraction of sp³-hybridized carbons (Fsp3) is 0.474. The highest BCUT2D eigenvalue weighted by molar-refractivity contribution is 5.94. The summed E-state index contributed by atoms with van der Waals surface area (Å²) < 4.78 is 13.4. The van der Waals surface area contributed by atoms with Crippen LogP contribution in [0.25, 0.3) is 0 Å². The number of H-pyrrole nitrogens is 1. The molecule has 0 saturated carbocycles. The van der Waals surface area contributed by atoms with Gasteiger partial charge in [0.2, 0.25) is 0 Å². The summed E-state index contributed by atoms with van der Waals surface area (Å²) in [5.41, 5.74) is 4.50. The molecule has 4 rings (SSSR count). The van der Waals surface area contributed by atoms with Gasteiger partial charge in [0.25, 0.3) is 5.91 Å². The van der Waals surface area contributed by atoms with Gasteiger partial charge in [-0.25, -0.2) is 4.39 Å². The molecule has 1 aromatic carbocycles. The topological polar surface area (TPSA) is 73.0 Å². The summed E-state index contributed by atoms with van der Waals surface area (Å²) in [4.78, 5) is 14.9. The van der Waals surface area contributed by atoms with Crippen LogP contribution in [0.2, 0.25) is 0 Å². The van der Waals surface area contributed by atoms with E-state index in [1.807, 2.05) is 13.0 Å². The van der Waals surface area contributed by atoms with Gasteiger partial charge in [-0.1, -0.05) is 0 Å². The normalized spacial score (nSPS) is 19.9. The number of aromatic amines is 1. The molecule has 1 saturated heterocycles. The number of piperidine rings is 1. The van der Waals surface area contributed by atoms with Gasteiger partial charge in [0.1, 0.15) is 5.82 Å². The number of fused-ring (bicyclic) bond motifs is 1. The summed E-state index contributed by atoms with van der Waals surface area (Å²) in [5.74, 6) is -0.334. The minimum absolute atomic E-state index is 0.0598. The summed E-state index contributed by atoms with van der Waals surface area (Å²) in [7, 11) is 0. The molecule has 2 aromatic rings. The maximum atomic E-state index is 13.4. The zero-order valence-electron chi connectivity index (χ0n) is 14.9. The van der Waals surface area contributed by atoms with Crippen LogP contribution in [-0.2, 0) is 13.0 Å². The van der Waals surface area contributed by atoms with Crippen molar-refractivity contribution >= 4 is 11.6 Å². The molecule has 1 atom stereocenters. The Balaban J connectivity index is 1.45. The number of carbonyl (C=O) groups excluding carboxylic acids is 1. The molecule has 3 N–H and O–H groups in total. The molecule has 7 heteroatoms. The number of aryl methyl sites for hydroxylation is 1. The number of hydrogen-bond donors (Lipinski definition) is 3. The van der Waals surface area contributed by atoms with Crippen LogP contribution in [0.5, 0.6) is 0 Å². The predicted molar refractivity (Wildman–Crippen MR) is 97.8 cm³/mol. The maximum absolute atomic E-state index is 13.4. The second-order valence-corrected chi connectivity index (χ2v) is 7.15. The Labute approximate surface area is 152 Å². The van der Waals surface area contributed by atoms with Crippen molar-refractivity contribution in [3.8, 4) is 0 Å². The van der Waals surface area contributed by atoms with Gasteiger partial charge >= 0.3 is 0 Å². The van der Waals surface area contributed by atoms with Gasteiger partial charge in [-0.05, 0) is 43.5 Å². The monoisotopic (exact) mass is 357 g/mol. The van der Waals surface area contributed by atoms with Crippen LogP contribution in [0, 0.1) is 12.7 Å². The van der Waals surface area contributed by atoms with Gasteiger partial charge in [-0.15, -0.1) is 0 Å². The lowest BCUT2D eigenvalue weighted by atomic mass is 10.0. The Morgan fingerprint density at radius 2 is 2.31 bits per heavy atom. The van der Waals surface area contributed by atoms with Crippen molar-refractivity contribution in [2.24, 2.45) is 0 Å². The quantitative estimate of drug-likeness (QED) is 0.785. The molecule has 138 valence electrons. The first kappa shape index (κ1) is 17.0. The molecular weight excluding hydrogens is 333 g/mol. The number of nitrogens with one attached hydrogen (secondary N) is 3. The van der Waals surface area contributed by atoms with Crippen molar-refractivity contribution in [2.45, 2.75) is 38.8 Å². The fourth-order valence-corrected chi connectivity index (χ4v) is 3.95. The van der Waals surface area contributed by atoms with E-state index < -0.39 is 0 Å². The number of nitrogens with zero attached hydrogens (tertiary/aromatic N) is 2. The number of hydrogen-bond acceptors (Lipinski definition) is 4. The molecule has 1 fully saturated rings. The van der Waals surface area contributed by atoms with E-state index in [-0.39, 0.29) is 17.8 Å². The minimum atomic E-state index is -0.218. The fourth-order valence-electron chi connectivity index (χ4n) is 3.95. The van der Waals surface area contributed by atoms with E-state index >= 15 is 0 Å². The number of aromatic nitrogens is 2. The molecule has 2 aliphatic rings. The standard InChI is InChI=1S/C19H24FN5O/c1-12-9-13(20)4-5-17(12)25-8-2-3-14(11-25)22-19(26)18-15-10-21-7-6-16(15)23-24-18/h4-5,9,14,21H,2-3,6-8,10-11H2,1H3,(H,22,26)(H,23,24). The van der Waals surface area contributed by atoms with Crippen LogP contribution in [0.3, 0.4) is 0 Å². The zero-order chi connectivity index (χ0) is 18.1. The number of halogens is 1. The van der Waals surface area contributed by atoms with E-state index in [2.05, 4.69) is 25.7 Å². The largest absolute Gasteiger partial charge is 0.369 e. The molecule has 0 radical (unpaired) electrons. The third-order valence-electron chi connectivity index (χ3n) is 5.28. The number of rotatable bonds is 3. The van der Waals surface area contributed by atoms with Crippen molar-refractivity contribution in [3.05, 3.63) is 46.5 Å². The highest BCUT2D eigenvalue weighted by Crippen LogP contribution is 2.25. The van der Waals surface area contributed by atoms with Crippen LogP contribution in [-0.4, -0.2) is 41.8 Å². The van der Waals surface area contributed by atoms with Gasteiger partial charge in [0, 0.05) is 55.6 Å². The van der Waals surface area contributed by atoms with Crippen molar-refractivity contribution in [1.29, 1.82) is 0 Å². The molecule has 26 heavy (non-hydrogen) atoms. The van der Waals surface area contributed by atoms with Gasteiger partial charge in [-0.2, -0.15) is 5.10 Å².